The molecule has 0 bridgehead atoms. The molecule has 26 heavy (non-hydrogen) atoms. The van der Waals surface area contributed by atoms with Gasteiger partial charge in [0.1, 0.15) is 0 Å². The van der Waals surface area contributed by atoms with E-state index in [2.05, 4.69) is 41.2 Å². The molecule has 0 unspecified atom stereocenters. The Morgan fingerprint density at radius 1 is 1.23 bits per heavy atom. The van der Waals surface area contributed by atoms with E-state index in [1.807, 2.05) is 25.7 Å². The highest BCUT2D eigenvalue weighted by Crippen LogP contribution is 2.39. The molecule has 2 heterocycles. The summed E-state index contributed by atoms with van der Waals surface area (Å²) in [5, 5.41) is 0.467. The Morgan fingerprint density at radius 3 is 2.65 bits per heavy atom. The second-order valence-electron chi connectivity index (χ2n) is 7.21. The van der Waals surface area contributed by atoms with E-state index >= 15 is 0 Å². The number of nitrogens with one attached hydrogen (secondary N) is 1. The molecule has 0 radical (unpaired) electrons. The molecule has 1 aliphatic heterocycles. The fourth-order valence-electron chi connectivity index (χ4n) is 3.41. The maximum Gasteiger partial charge on any atom is 0.251 e. The van der Waals surface area contributed by atoms with Gasteiger partial charge in [0, 0.05) is 17.3 Å². The number of benzene rings is 1. The first-order valence-electron chi connectivity index (χ1n) is 8.52. The van der Waals surface area contributed by atoms with E-state index in [4.69, 9.17) is 0 Å². The number of fused-ring (bicyclic) bond motifs is 1. The molecule has 1 aromatic heterocycles. The van der Waals surface area contributed by atoms with Gasteiger partial charge in [-0.1, -0.05) is 30.0 Å². The topological polar surface area (TPSA) is 66.1 Å². The van der Waals surface area contributed by atoms with Crippen LogP contribution in [0.5, 0.6) is 0 Å². The number of hydrogen-bond donors (Lipinski definition) is 1. The molecule has 3 rings (SSSR count). The zero-order chi connectivity index (χ0) is 19.1. The minimum Gasteiger partial charge on any atom is -0.302 e. The predicted molar refractivity (Wildman–Crippen MR) is 107 cm³/mol. The summed E-state index contributed by atoms with van der Waals surface area (Å²) in [6.45, 7) is 9.95. The number of thioether (sulfide) groups is 1. The molecular weight excluding hydrogens is 346 g/mol. The predicted octanol–water partition coefficient (Wildman–Crippen LogP) is 3.71. The van der Waals surface area contributed by atoms with Crippen LogP contribution in [0.1, 0.15) is 37.6 Å². The van der Waals surface area contributed by atoms with Gasteiger partial charge >= 0.3 is 0 Å². The smallest absolute Gasteiger partial charge is 0.251 e. The standard InChI is InChI=1S/C20H23N3O2S/c1-12-6-7-15-13(2)10-20(4,5)23(16(15)8-12)18(25)11-26-19-21-14(3)9-17(24)22-19/h6-10H,11H2,1-5H3,(H,21,22,24). The first-order chi connectivity index (χ1) is 12.2. The van der Waals surface area contributed by atoms with Crippen molar-refractivity contribution in [1.29, 1.82) is 0 Å². The highest BCUT2D eigenvalue weighted by Gasteiger charge is 2.35. The largest absolute Gasteiger partial charge is 0.302 e. The highest BCUT2D eigenvalue weighted by atomic mass is 32.2. The van der Waals surface area contributed by atoms with Crippen molar-refractivity contribution in [1.82, 2.24) is 9.97 Å². The molecule has 0 atom stereocenters. The van der Waals surface area contributed by atoms with Crippen molar-refractivity contribution in [2.75, 3.05) is 10.7 Å². The van der Waals surface area contributed by atoms with Crippen LogP contribution < -0.4 is 10.5 Å². The monoisotopic (exact) mass is 369 g/mol. The van der Waals surface area contributed by atoms with Crippen LogP contribution in [0.3, 0.4) is 0 Å². The van der Waals surface area contributed by atoms with Crippen LogP contribution in [0, 0.1) is 13.8 Å². The second-order valence-corrected chi connectivity index (χ2v) is 8.18. The number of amides is 1. The number of rotatable bonds is 3. The van der Waals surface area contributed by atoms with Crippen LogP contribution in [0.15, 0.2) is 40.3 Å². The van der Waals surface area contributed by atoms with Gasteiger partial charge in [-0.05, 0) is 51.8 Å². The molecule has 1 aliphatic rings. The quantitative estimate of drug-likeness (QED) is 0.662. The molecule has 6 heteroatoms. The zero-order valence-corrected chi connectivity index (χ0v) is 16.5. The van der Waals surface area contributed by atoms with Gasteiger partial charge in [-0.3, -0.25) is 9.59 Å². The van der Waals surface area contributed by atoms with Crippen molar-refractivity contribution in [3.05, 3.63) is 57.5 Å². The lowest BCUT2D eigenvalue weighted by atomic mass is 9.88. The van der Waals surface area contributed by atoms with E-state index < -0.39 is 5.54 Å². The molecule has 136 valence electrons. The first kappa shape index (κ1) is 18.5. The molecule has 0 spiro atoms. The Balaban J connectivity index is 1.90. The lowest BCUT2D eigenvalue weighted by Crippen LogP contribution is -2.49. The number of nitrogens with zero attached hydrogens (tertiary/aromatic N) is 2. The lowest BCUT2D eigenvalue weighted by Gasteiger charge is -2.41. The van der Waals surface area contributed by atoms with Crippen LogP contribution in [0.4, 0.5) is 5.69 Å². The fraction of sp³-hybridized carbons (Fsp3) is 0.350. The lowest BCUT2D eigenvalue weighted by molar-refractivity contribution is -0.116. The molecule has 0 fully saturated rings. The van der Waals surface area contributed by atoms with E-state index in [0.29, 0.717) is 10.9 Å². The van der Waals surface area contributed by atoms with Crippen molar-refractivity contribution < 1.29 is 4.79 Å². The number of aromatic nitrogens is 2. The number of carbonyl (C=O) groups excluding carboxylic acids is 1. The number of H-pyrrole nitrogens is 1. The fourth-order valence-corrected chi connectivity index (χ4v) is 4.18. The van der Waals surface area contributed by atoms with Gasteiger partial charge in [-0.2, -0.15) is 0 Å². The Labute approximate surface area is 157 Å². The van der Waals surface area contributed by atoms with Crippen LogP contribution in [-0.4, -0.2) is 27.2 Å². The normalized spacial score (nSPS) is 15.4. The molecule has 1 aromatic carbocycles. The summed E-state index contributed by atoms with van der Waals surface area (Å²) in [5.74, 6) is 0.190. The number of hydrogen-bond acceptors (Lipinski definition) is 4. The number of carbonyl (C=O) groups is 1. The number of anilines is 1. The number of aromatic amines is 1. The van der Waals surface area contributed by atoms with E-state index in [-0.39, 0.29) is 17.2 Å². The molecule has 0 saturated carbocycles. The minimum absolute atomic E-state index is 0.0141. The zero-order valence-electron chi connectivity index (χ0n) is 15.7. The van der Waals surface area contributed by atoms with E-state index in [0.717, 1.165) is 16.8 Å². The van der Waals surface area contributed by atoms with Crippen molar-refractivity contribution in [3.63, 3.8) is 0 Å². The average Bonchev–Trinajstić information content (AvgIpc) is 2.50. The average molecular weight is 369 g/mol. The van der Waals surface area contributed by atoms with Gasteiger partial charge in [-0.25, -0.2) is 4.98 Å². The first-order valence-corrected chi connectivity index (χ1v) is 9.50. The van der Waals surface area contributed by atoms with Crippen molar-refractivity contribution >= 4 is 28.9 Å². The van der Waals surface area contributed by atoms with Crippen LogP contribution >= 0.6 is 11.8 Å². The Bertz CT molecular complexity index is 960. The van der Waals surface area contributed by atoms with Crippen molar-refractivity contribution in [2.45, 2.75) is 45.3 Å². The van der Waals surface area contributed by atoms with Gasteiger partial charge in [0.25, 0.3) is 5.56 Å². The van der Waals surface area contributed by atoms with E-state index in [1.165, 1.54) is 23.4 Å². The summed E-state index contributed by atoms with van der Waals surface area (Å²) in [4.78, 5) is 33.5. The third-order valence-electron chi connectivity index (χ3n) is 4.39. The molecule has 1 amide bonds. The SMILES string of the molecule is CC1=CC(C)(C)N(C(=O)CSc2nc(C)cc(=O)[nH]2)c2cc(C)ccc21. The molecule has 1 N–H and O–H groups in total. The summed E-state index contributed by atoms with van der Waals surface area (Å²) in [5.41, 5.74) is 4.32. The summed E-state index contributed by atoms with van der Waals surface area (Å²) in [6, 6.07) is 7.63. The Kier molecular flexibility index (Phi) is 4.80. The van der Waals surface area contributed by atoms with Crippen LogP contribution in [0.2, 0.25) is 0 Å². The van der Waals surface area contributed by atoms with Gasteiger partial charge in [0.2, 0.25) is 5.91 Å². The molecule has 5 nitrogen and oxygen atoms in total. The minimum atomic E-state index is -0.421. The maximum absolute atomic E-state index is 13.1. The Morgan fingerprint density at radius 2 is 1.96 bits per heavy atom. The highest BCUT2D eigenvalue weighted by molar-refractivity contribution is 7.99. The van der Waals surface area contributed by atoms with E-state index in [9.17, 15) is 9.59 Å². The maximum atomic E-state index is 13.1. The third kappa shape index (κ3) is 3.60. The molecular formula is C20H23N3O2S. The molecule has 0 saturated heterocycles. The second kappa shape index (κ2) is 6.76. The third-order valence-corrected chi connectivity index (χ3v) is 5.25. The summed E-state index contributed by atoms with van der Waals surface area (Å²) >= 11 is 1.25. The summed E-state index contributed by atoms with van der Waals surface area (Å²) in [6.07, 6.45) is 2.13. The number of aryl methyl sites for hydroxylation is 2. The van der Waals surface area contributed by atoms with Crippen molar-refractivity contribution in [3.8, 4) is 0 Å². The molecule has 2 aromatic rings. The van der Waals surface area contributed by atoms with Crippen LogP contribution in [0.25, 0.3) is 5.57 Å². The van der Waals surface area contributed by atoms with Gasteiger partial charge in [0.15, 0.2) is 5.16 Å². The van der Waals surface area contributed by atoms with Gasteiger partial charge < -0.3 is 9.88 Å². The van der Waals surface area contributed by atoms with Gasteiger partial charge in [0.05, 0.1) is 17.0 Å². The number of allylic oxidation sites excluding steroid dienone is 1. The van der Waals surface area contributed by atoms with Crippen molar-refractivity contribution in [2.24, 2.45) is 0 Å². The van der Waals surface area contributed by atoms with Gasteiger partial charge in [-0.15, -0.1) is 0 Å². The molecule has 0 aliphatic carbocycles. The van der Waals surface area contributed by atoms with Crippen LogP contribution in [-0.2, 0) is 4.79 Å². The summed E-state index contributed by atoms with van der Waals surface area (Å²) < 4.78 is 0. The summed E-state index contributed by atoms with van der Waals surface area (Å²) in [7, 11) is 0. The van der Waals surface area contributed by atoms with E-state index in [1.54, 1.807) is 6.92 Å². The Hall–Kier alpha value is -2.34.